The first kappa shape index (κ1) is 39.8. The summed E-state index contributed by atoms with van der Waals surface area (Å²) < 4.78 is 57.0. The Morgan fingerprint density at radius 2 is 1.47 bits per heavy atom. The molecular weight excluding hydrogens is 702 g/mol. The standard InChI is InChI=1S/C39H46FN4O8P/c1-26(2)44(27(3)4)53(50-24-10-22-41)52-36-35(40)33(51-37(36)43-23-21-34(45)42-38(43)46)25-49-39(28-11-8-7-9-12-28,29-13-17-31(47-5)18-14-29)30-15-19-32(48-6)20-16-30/h7-9,11-21,23,26-27,33,35-37H,10,24-25H2,1-6H3,(H,42,45,46)/t33-,35-,36-,37-,53?/m1/s1. The van der Waals surface area contributed by atoms with Crippen LogP contribution < -0.4 is 20.7 Å². The highest BCUT2D eigenvalue weighted by atomic mass is 31.2. The minimum Gasteiger partial charge on any atom is -0.497 e. The molecule has 0 radical (unpaired) electrons. The molecule has 0 aliphatic carbocycles. The van der Waals surface area contributed by atoms with E-state index in [0.29, 0.717) is 11.5 Å². The first-order chi connectivity index (χ1) is 25.5. The second-order valence-electron chi connectivity index (χ2n) is 13.0. The van der Waals surface area contributed by atoms with E-state index in [0.717, 1.165) is 27.3 Å². The van der Waals surface area contributed by atoms with Crippen molar-refractivity contribution < 1.29 is 32.4 Å². The highest BCUT2D eigenvalue weighted by Gasteiger charge is 2.51. The van der Waals surface area contributed by atoms with Crippen molar-refractivity contribution >= 4 is 8.53 Å². The molecule has 1 aromatic heterocycles. The summed E-state index contributed by atoms with van der Waals surface area (Å²) in [6.07, 6.45) is -4.39. The van der Waals surface area contributed by atoms with Gasteiger partial charge in [0.15, 0.2) is 12.4 Å². The molecule has 1 aliphatic rings. The summed E-state index contributed by atoms with van der Waals surface area (Å²) in [7, 11) is 1.23. The summed E-state index contributed by atoms with van der Waals surface area (Å²) in [5.74, 6) is 1.29. The Morgan fingerprint density at radius 1 is 0.906 bits per heavy atom. The molecule has 0 saturated carbocycles. The molecule has 1 saturated heterocycles. The lowest BCUT2D eigenvalue weighted by molar-refractivity contribution is -0.0907. The number of alkyl halides is 1. The van der Waals surface area contributed by atoms with E-state index in [-0.39, 0.29) is 31.7 Å². The molecule has 53 heavy (non-hydrogen) atoms. The minimum atomic E-state index is -1.94. The highest BCUT2D eigenvalue weighted by Crippen LogP contribution is 2.51. The predicted octanol–water partition coefficient (Wildman–Crippen LogP) is 6.46. The molecule has 0 bridgehead atoms. The second-order valence-corrected chi connectivity index (χ2v) is 14.4. The van der Waals surface area contributed by atoms with Crippen LogP contribution in [0.4, 0.5) is 4.39 Å². The minimum absolute atomic E-state index is 0.0573. The molecule has 2 heterocycles. The Morgan fingerprint density at radius 3 is 1.98 bits per heavy atom. The lowest BCUT2D eigenvalue weighted by Gasteiger charge is -2.38. The third kappa shape index (κ3) is 8.87. The van der Waals surface area contributed by atoms with Crippen LogP contribution in [0.3, 0.4) is 0 Å². The fourth-order valence-corrected chi connectivity index (χ4v) is 8.21. The largest absolute Gasteiger partial charge is 0.497 e. The smallest absolute Gasteiger partial charge is 0.330 e. The SMILES string of the molecule is COc1ccc(C(OC[C@H]2O[C@@H](n3ccc(=O)[nH]c3=O)[C@H](OP(OCCC#N)N(C(C)C)C(C)C)[C@@H]2F)(c2ccccc2)c2ccc(OC)cc2)cc1. The van der Waals surface area contributed by atoms with E-state index in [1.807, 2.05) is 111 Å². The van der Waals surface area contributed by atoms with Crippen molar-refractivity contribution in [1.82, 2.24) is 14.2 Å². The molecule has 282 valence electrons. The van der Waals surface area contributed by atoms with Gasteiger partial charge in [0.25, 0.3) is 14.1 Å². The highest BCUT2D eigenvalue weighted by molar-refractivity contribution is 7.44. The molecule has 1 aliphatic heterocycles. The number of aromatic nitrogens is 2. The third-order valence-corrected chi connectivity index (χ3v) is 11.0. The van der Waals surface area contributed by atoms with Crippen LogP contribution in [0.2, 0.25) is 0 Å². The monoisotopic (exact) mass is 748 g/mol. The molecule has 1 unspecified atom stereocenters. The number of ether oxygens (including phenoxy) is 4. The van der Waals surface area contributed by atoms with Crippen LogP contribution in [0.15, 0.2) is 101 Å². The number of hydrogen-bond donors (Lipinski definition) is 1. The van der Waals surface area contributed by atoms with Crippen molar-refractivity contribution in [2.75, 3.05) is 27.4 Å². The fraction of sp³-hybridized carbons (Fsp3) is 0.410. The van der Waals surface area contributed by atoms with Crippen LogP contribution >= 0.6 is 8.53 Å². The van der Waals surface area contributed by atoms with E-state index in [1.165, 1.54) is 6.20 Å². The molecule has 0 amide bonds. The van der Waals surface area contributed by atoms with E-state index in [1.54, 1.807) is 14.2 Å². The number of H-pyrrole nitrogens is 1. The molecule has 0 spiro atoms. The van der Waals surface area contributed by atoms with Crippen molar-refractivity contribution in [1.29, 1.82) is 5.26 Å². The Bertz CT molecular complexity index is 1860. The zero-order valence-corrected chi connectivity index (χ0v) is 31.6. The van der Waals surface area contributed by atoms with Gasteiger partial charge in [-0.05, 0) is 68.7 Å². The lowest BCUT2D eigenvalue weighted by atomic mass is 9.80. The zero-order valence-electron chi connectivity index (χ0n) is 30.7. The molecule has 1 fully saturated rings. The lowest BCUT2D eigenvalue weighted by Crippen LogP contribution is -2.40. The van der Waals surface area contributed by atoms with E-state index in [4.69, 9.17) is 28.0 Å². The molecule has 3 aromatic carbocycles. The third-order valence-electron chi connectivity index (χ3n) is 8.90. The maximum atomic E-state index is 17.1. The first-order valence-electron chi connectivity index (χ1n) is 17.4. The van der Waals surface area contributed by atoms with Gasteiger partial charge in [-0.3, -0.25) is 14.3 Å². The van der Waals surface area contributed by atoms with Gasteiger partial charge in [-0.25, -0.2) is 13.9 Å². The number of hydrogen-bond acceptors (Lipinski definition) is 10. The van der Waals surface area contributed by atoms with Crippen LogP contribution in [0, 0.1) is 11.3 Å². The molecule has 12 nitrogen and oxygen atoms in total. The first-order valence-corrected chi connectivity index (χ1v) is 18.5. The molecular formula is C39H46FN4O8P. The number of benzene rings is 3. The number of methoxy groups -OCH3 is 2. The van der Waals surface area contributed by atoms with Crippen molar-refractivity contribution in [3.8, 4) is 17.6 Å². The topological polar surface area (TPSA) is 137 Å². The van der Waals surface area contributed by atoms with Crippen molar-refractivity contribution in [2.24, 2.45) is 0 Å². The van der Waals surface area contributed by atoms with Gasteiger partial charge in [-0.15, -0.1) is 0 Å². The molecule has 14 heteroatoms. The maximum Gasteiger partial charge on any atom is 0.330 e. The summed E-state index contributed by atoms with van der Waals surface area (Å²) >= 11 is 0. The van der Waals surface area contributed by atoms with Crippen LogP contribution in [-0.4, -0.2) is 72.1 Å². The number of rotatable bonds is 17. The maximum absolute atomic E-state index is 17.1. The molecule has 5 rings (SSSR count). The molecule has 1 N–H and O–H groups in total. The van der Waals surface area contributed by atoms with Gasteiger partial charge in [-0.2, -0.15) is 5.26 Å². The van der Waals surface area contributed by atoms with Gasteiger partial charge in [0.2, 0.25) is 0 Å². The van der Waals surface area contributed by atoms with E-state index < -0.39 is 50.0 Å². The van der Waals surface area contributed by atoms with Crippen molar-refractivity contribution in [3.63, 3.8) is 0 Å². The average Bonchev–Trinajstić information content (AvgIpc) is 3.46. The average molecular weight is 749 g/mol. The van der Waals surface area contributed by atoms with Gasteiger partial charge < -0.3 is 28.0 Å². The zero-order chi connectivity index (χ0) is 38.1. The van der Waals surface area contributed by atoms with Crippen LogP contribution in [0.5, 0.6) is 11.5 Å². The summed E-state index contributed by atoms with van der Waals surface area (Å²) in [6, 6.07) is 27.5. The van der Waals surface area contributed by atoms with Crippen molar-refractivity contribution in [2.45, 2.75) is 76.4 Å². The van der Waals surface area contributed by atoms with E-state index in [2.05, 4.69) is 11.1 Å². The Labute approximate surface area is 310 Å². The number of aromatic amines is 1. The molecule has 5 atom stereocenters. The number of nitrogens with zero attached hydrogens (tertiary/aromatic N) is 3. The summed E-state index contributed by atoms with van der Waals surface area (Å²) in [6.45, 7) is 7.63. The van der Waals surface area contributed by atoms with E-state index in [9.17, 15) is 14.9 Å². The number of nitrogens with one attached hydrogen (secondary N) is 1. The predicted molar refractivity (Wildman–Crippen MR) is 198 cm³/mol. The van der Waals surface area contributed by atoms with Gasteiger partial charge in [0.05, 0.1) is 39.9 Å². The summed E-state index contributed by atoms with van der Waals surface area (Å²) in [5, 5.41) is 9.21. The van der Waals surface area contributed by atoms with E-state index >= 15 is 4.39 Å². The Kier molecular flexibility index (Phi) is 13.6. The van der Waals surface area contributed by atoms with Crippen LogP contribution in [-0.2, 0) is 24.1 Å². The fourth-order valence-electron chi connectivity index (χ4n) is 6.47. The van der Waals surface area contributed by atoms with Gasteiger partial charge in [0.1, 0.15) is 29.3 Å². The Hall–Kier alpha value is -4.41. The normalized spacial score (nSPS) is 19.4. The van der Waals surface area contributed by atoms with Gasteiger partial charge >= 0.3 is 5.69 Å². The van der Waals surface area contributed by atoms with Crippen molar-refractivity contribution in [3.05, 3.63) is 129 Å². The van der Waals surface area contributed by atoms with Gasteiger partial charge in [-0.1, -0.05) is 54.6 Å². The second kappa shape index (κ2) is 18.1. The van der Waals surface area contributed by atoms with Crippen LogP contribution in [0.1, 0.15) is 57.0 Å². The number of nitriles is 1. The van der Waals surface area contributed by atoms with Gasteiger partial charge in [0, 0.05) is 24.3 Å². The molecule has 4 aromatic rings. The quantitative estimate of drug-likeness (QED) is 0.0728. The summed E-state index contributed by atoms with van der Waals surface area (Å²) in [5.41, 5.74) is -0.432. The Balaban J connectivity index is 1.58. The number of halogens is 1. The van der Waals surface area contributed by atoms with Crippen LogP contribution in [0.25, 0.3) is 0 Å². The summed E-state index contributed by atoms with van der Waals surface area (Å²) in [4.78, 5) is 27.4.